The number of carbonyl (C=O) groups is 1. The Morgan fingerprint density at radius 2 is 1.96 bits per heavy atom. The predicted octanol–water partition coefficient (Wildman–Crippen LogP) is 4.20. The molecule has 0 bridgehead atoms. The van der Waals surface area contributed by atoms with Gasteiger partial charge in [0, 0.05) is 13.5 Å². The first-order valence-electron chi connectivity index (χ1n) is 8.67. The lowest BCUT2D eigenvalue weighted by atomic mass is 10.1. The van der Waals surface area contributed by atoms with E-state index in [2.05, 4.69) is 22.4 Å². The van der Waals surface area contributed by atoms with E-state index >= 15 is 0 Å². The van der Waals surface area contributed by atoms with Crippen molar-refractivity contribution in [3.63, 3.8) is 0 Å². The number of thioether (sulfide) groups is 1. The summed E-state index contributed by atoms with van der Waals surface area (Å²) >= 11 is 1.30. The first-order chi connectivity index (χ1) is 12.1. The van der Waals surface area contributed by atoms with E-state index in [-0.39, 0.29) is 17.3 Å². The number of nitrogens with one attached hydrogen (secondary N) is 1. The molecule has 1 N–H and O–H groups in total. The Hall–Kier alpha value is -1.89. The van der Waals surface area contributed by atoms with Crippen molar-refractivity contribution < 1.29 is 9.18 Å². The lowest BCUT2D eigenvalue weighted by Crippen LogP contribution is -2.15. The number of benzene rings is 1. The van der Waals surface area contributed by atoms with Crippen LogP contribution in [-0.4, -0.2) is 26.4 Å². The van der Waals surface area contributed by atoms with E-state index < -0.39 is 5.82 Å². The zero-order valence-electron chi connectivity index (χ0n) is 14.8. The van der Waals surface area contributed by atoms with Crippen molar-refractivity contribution in [1.29, 1.82) is 0 Å². The fourth-order valence-electron chi connectivity index (χ4n) is 2.45. The number of aryl methyl sites for hydroxylation is 1. The molecule has 2 rings (SSSR count). The van der Waals surface area contributed by atoms with Gasteiger partial charge in [-0.25, -0.2) is 4.39 Å². The summed E-state index contributed by atoms with van der Waals surface area (Å²) in [4.78, 5) is 12.0. The molecule has 0 spiro atoms. The molecule has 7 heteroatoms. The van der Waals surface area contributed by atoms with E-state index in [1.807, 2.05) is 11.6 Å². The quantitative estimate of drug-likeness (QED) is 0.507. The summed E-state index contributed by atoms with van der Waals surface area (Å²) in [6.07, 6.45) is 6.97. The Morgan fingerprint density at radius 3 is 2.72 bits per heavy atom. The van der Waals surface area contributed by atoms with Crippen molar-refractivity contribution >= 4 is 23.4 Å². The molecule has 0 unspecified atom stereocenters. The summed E-state index contributed by atoms with van der Waals surface area (Å²) in [5.41, 5.74) is 0.193. The zero-order chi connectivity index (χ0) is 18.1. The number of halogens is 1. The van der Waals surface area contributed by atoms with Crippen LogP contribution in [0, 0.1) is 5.82 Å². The predicted molar refractivity (Wildman–Crippen MR) is 99.2 cm³/mol. The second kappa shape index (κ2) is 10.2. The van der Waals surface area contributed by atoms with Gasteiger partial charge in [-0.1, -0.05) is 56.5 Å². The lowest BCUT2D eigenvalue weighted by Gasteiger charge is -2.06. The van der Waals surface area contributed by atoms with Crippen LogP contribution in [0.15, 0.2) is 29.4 Å². The minimum atomic E-state index is -0.440. The van der Waals surface area contributed by atoms with Gasteiger partial charge in [0.05, 0.1) is 11.4 Å². The molecule has 0 fully saturated rings. The Kier molecular flexibility index (Phi) is 7.91. The number of unbranched alkanes of at least 4 members (excludes halogenated alkanes) is 4. The highest BCUT2D eigenvalue weighted by atomic mass is 32.2. The van der Waals surface area contributed by atoms with Crippen molar-refractivity contribution in [2.75, 3.05) is 11.1 Å². The van der Waals surface area contributed by atoms with Gasteiger partial charge < -0.3 is 9.88 Å². The maximum atomic E-state index is 13.5. The fraction of sp³-hybridized carbons (Fsp3) is 0.500. The SMILES string of the molecule is CCCCCCCc1nnc(SCC(=O)Nc2ccccc2F)n1C. The second-order valence-corrected chi connectivity index (χ2v) is 6.88. The molecular weight excluding hydrogens is 339 g/mol. The van der Waals surface area contributed by atoms with Gasteiger partial charge in [0.15, 0.2) is 5.16 Å². The normalized spacial score (nSPS) is 10.8. The maximum absolute atomic E-state index is 13.5. The fourth-order valence-corrected chi connectivity index (χ4v) is 3.18. The van der Waals surface area contributed by atoms with E-state index in [0.717, 1.165) is 18.7 Å². The number of nitrogens with zero attached hydrogens (tertiary/aromatic N) is 3. The van der Waals surface area contributed by atoms with Crippen LogP contribution in [0.2, 0.25) is 0 Å². The Labute approximate surface area is 152 Å². The molecule has 1 amide bonds. The maximum Gasteiger partial charge on any atom is 0.234 e. The summed E-state index contributed by atoms with van der Waals surface area (Å²) in [6.45, 7) is 2.20. The number of hydrogen-bond donors (Lipinski definition) is 1. The summed E-state index contributed by atoms with van der Waals surface area (Å²) in [5.74, 6) is 0.397. The van der Waals surface area contributed by atoms with Gasteiger partial charge in [-0.15, -0.1) is 10.2 Å². The van der Waals surface area contributed by atoms with E-state index in [1.165, 1.54) is 49.6 Å². The topological polar surface area (TPSA) is 59.8 Å². The Balaban J connectivity index is 1.79. The molecular formula is C18H25FN4OS. The van der Waals surface area contributed by atoms with Gasteiger partial charge in [-0.05, 0) is 18.6 Å². The first-order valence-corrected chi connectivity index (χ1v) is 9.65. The number of carbonyl (C=O) groups excluding carboxylic acids is 1. The van der Waals surface area contributed by atoms with Crippen molar-refractivity contribution in [1.82, 2.24) is 14.8 Å². The monoisotopic (exact) mass is 364 g/mol. The van der Waals surface area contributed by atoms with E-state index in [9.17, 15) is 9.18 Å². The molecule has 1 heterocycles. The minimum absolute atomic E-state index is 0.163. The standard InChI is InChI=1S/C18H25FN4OS/c1-3-4-5-6-7-12-16-21-22-18(23(16)2)25-13-17(24)20-15-11-9-8-10-14(15)19/h8-11H,3-7,12-13H2,1-2H3,(H,20,24). The molecule has 1 aromatic heterocycles. The number of aromatic nitrogens is 3. The van der Waals surface area contributed by atoms with Crippen LogP contribution >= 0.6 is 11.8 Å². The molecule has 1 aromatic carbocycles. The first kappa shape index (κ1) is 19.4. The third-order valence-corrected chi connectivity index (χ3v) is 4.93. The molecule has 0 aliphatic heterocycles. The van der Waals surface area contributed by atoms with Gasteiger partial charge in [0.2, 0.25) is 5.91 Å². The third kappa shape index (κ3) is 6.16. The van der Waals surface area contributed by atoms with Gasteiger partial charge in [0.1, 0.15) is 11.6 Å². The van der Waals surface area contributed by atoms with Gasteiger partial charge >= 0.3 is 0 Å². The number of anilines is 1. The van der Waals surface area contributed by atoms with Gasteiger partial charge in [-0.2, -0.15) is 0 Å². The number of hydrogen-bond acceptors (Lipinski definition) is 4. The van der Waals surface area contributed by atoms with E-state index in [1.54, 1.807) is 12.1 Å². The number of rotatable bonds is 10. The summed E-state index contributed by atoms with van der Waals surface area (Å²) < 4.78 is 15.5. The lowest BCUT2D eigenvalue weighted by molar-refractivity contribution is -0.113. The van der Waals surface area contributed by atoms with Crippen LogP contribution in [0.25, 0.3) is 0 Å². The highest BCUT2D eigenvalue weighted by Gasteiger charge is 2.12. The van der Waals surface area contributed by atoms with Crippen LogP contribution in [0.4, 0.5) is 10.1 Å². The van der Waals surface area contributed by atoms with Gasteiger partial charge in [0.25, 0.3) is 0 Å². The van der Waals surface area contributed by atoms with Crippen LogP contribution in [0.3, 0.4) is 0 Å². The summed E-state index contributed by atoms with van der Waals surface area (Å²) in [7, 11) is 1.92. The van der Waals surface area contributed by atoms with Crippen molar-refractivity contribution in [3.8, 4) is 0 Å². The number of para-hydroxylation sites is 1. The van der Waals surface area contributed by atoms with Crippen LogP contribution in [0.5, 0.6) is 0 Å². The molecule has 0 radical (unpaired) electrons. The Bertz CT molecular complexity index is 689. The molecule has 5 nitrogen and oxygen atoms in total. The van der Waals surface area contributed by atoms with Crippen LogP contribution < -0.4 is 5.32 Å². The molecule has 0 saturated carbocycles. The molecule has 0 saturated heterocycles. The average molecular weight is 364 g/mol. The molecule has 0 aliphatic rings. The summed E-state index contributed by atoms with van der Waals surface area (Å²) in [6, 6.07) is 6.12. The van der Waals surface area contributed by atoms with Crippen LogP contribution in [-0.2, 0) is 18.3 Å². The highest BCUT2D eigenvalue weighted by molar-refractivity contribution is 7.99. The smallest absolute Gasteiger partial charge is 0.234 e. The summed E-state index contributed by atoms with van der Waals surface area (Å²) in [5, 5.41) is 11.6. The van der Waals surface area contributed by atoms with E-state index in [0.29, 0.717) is 5.16 Å². The Morgan fingerprint density at radius 1 is 1.20 bits per heavy atom. The van der Waals surface area contributed by atoms with E-state index in [4.69, 9.17) is 0 Å². The molecule has 0 aliphatic carbocycles. The van der Waals surface area contributed by atoms with Crippen molar-refractivity contribution in [2.24, 2.45) is 7.05 Å². The molecule has 136 valence electrons. The third-order valence-electron chi connectivity index (χ3n) is 3.91. The van der Waals surface area contributed by atoms with Crippen molar-refractivity contribution in [3.05, 3.63) is 35.9 Å². The second-order valence-electron chi connectivity index (χ2n) is 5.94. The van der Waals surface area contributed by atoms with Crippen molar-refractivity contribution in [2.45, 2.75) is 50.6 Å². The highest BCUT2D eigenvalue weighted by Crippen LogP contribution is 2.18. The van der Waals surface area contributed by atoms with Crippen LogP contribution in [0.1, 0.15) is 44.9 Å². The number of amides is 1. The average Bonchev–Trinajstić information content (AvgIpc) is 2.95. The molecule has 0 atom stereocenters. The largest absolute Gasteiger partial charge is 0.323 e. The molecule has 25 heavy (non-hydrogen) atoms. The molecule has 2 aromatic rings. The minimum Gasteiger partial charge on any atom is -0.323 e. The van der Waals surface area contributed by atoms with Gasteiger partial charge in [-0.3, -0.25) is 4.79 Å². The zero-order valence-corrected chi connectivity index (χ0v) is 15.6.